The number of piperazine rings is 1. The van der Waals surface area contributed by atoms with Crippen molar-refractivity contribution in [3.8, 4) is 0 Å². The van der Waals surface area contributed by atoms with Gasteiger partial charge in [0.1, 0.15) is 0 Å². The number of halogens is 2. The third-order valence-corrected chi connectivity index (χ3v) is 5.33. The topological polar surface area (TPSA) is 62.5 Å². The third-order valence-electron chi connectivity index (χ3n) is 4.13. The Morgan fingerprint density at radius 3 is 2.36 bits per heavy atom. The Bertz CT molecular complexity index is 670. The minimum atomic E-state index is 0. The first-order chi connectivity index (χ1) is 11.2. The molecule has 0 atom stereocenters. The number of hydrogen-bond donors (Lipinski definition) is 1. The van der Waals surface area contributed by atoms with E-state index in [1.54, 1.807) is 11.3 Å². The van der Waals surface area contributed by atoms with Crippen LogP contribution in [0, 0.1) is 0 Å². The molecule has 1 aliphatic rings. The van der Waals surface area contributed by atoms with Crippen LogP contribution in [0.2, 0.25) is 0 Å². The Kier molecular flexibility index (Phi) is 8.48. The molecule has 0 saturated carbocycles. The lowest BCUT2D eigenvalue weighted by atomic mass is 10.1. The van der Waals surface area contributed by atoms with E-state index in [1.807, 2.05) is 35.4 Å². The van der Waals surface area contributed by atoms with Crippen LogP contribution < -0.4 is 10.6 Å². The van der Waals surface area contributed by atoms with E-state index in [0.717, 1.165) is 49.0 Å². The molecule has 2 heterocycles. The molecule has 0 radical (unpaired) electrons. The lowest BCUT2D eigenvalue weighted by Crippen LogP contribution is -2.49. The maximum absolute atomic E-state index is 12.4. The molecule has 3 rings (SSSR count). The van der Waals surface area contributed by atoms with Crippen LogP contribution in [0.5, 0.6) is 0 Å². The van der Waals surface area contributed by atoms with Crippen LogP contribution in [0.4, 0.5) is 10.8 Å². The SMILES string of the molecule is CCc1cnc(N2CCN(C(=O)Cc3ccc(N)cc3)CC2)s1.Cl.Cl. The van der Waals surface area contributed by atoms with Crippen molar-refractivity contribution in [3.05, 3.63) is 40.9 Å². The molecule has 0 spiro atoms. The number of hydrogen-bond acceptors (Lipinski definition) is 5. The number of aromatic nitrogens is 1. The number of anilines is 2. The Morgan fingerprint density at radius 1 is 1.16 bits per heavy atom. The largest absolute Gasteiger partial charge is 0.399 e. The van der Waals surface area contributed by atoms with Gasteiger partial charge in [0.05, 0.1) is 6.42 Å². The molecule has 25 heavy (non-hydrogen) atoms. The predicted molar refractivity (Wildman–Crippen MR) is 109 cm³/mol. The van der Waals surface area contributed by atoms with E-state index in [4.69, 9.17) is 5.73 Å². The van der Waals surface area contributed by atoms with E-state index in [9.17, 15) is 4.79 Å². The summed E-state index contributed by atoms with van der Waals surface area (Å²) >= 11 is 1.75. The summed E-state index contributed by atoms with van der Waals surface area (Å²) in [6, 6.07) is 7.53. The summed E-state index contributed by atoms with van der Waals surface area (Å²) in [6.07, 6.45) is 3.42. The quantitative estimate of drug-likeness (QED) is 0.798. The van der Waals surface area contributed by atoms with Crippen LogP contribution in [-0.4, -0.2) is 42.0 Å². The van der Waals surface area contributed by atoms with Crippen molar-refractivity contribution < 1.29 is 4.79 Å². The van der Waals surface area contributed by atoms with Crippen molar-refractivity contribution >= 4 is 52.9 Å². The standard InChI is InChI=1S/C17H22N4OS.2ClH/c1-2-15-12-19-17(23-15)21-9-7-20(8-10-21)16(22)11-13-3-5-14(18)6-4-13;;/h3-6,12H,2,7-11,18H2,1H3;2*1H. The number of rotatable bonds is 4. The Balaban J connectivity index is 0.00000156. The van der Waals surface area contributed by atoms with Crippen molar-refractivity contribution in [1.29, 1.82) is 0 Å². The number of aryl methyl sites for hydroxylation is 1. The highest BCUT2D eigenvalue weighted by Gasteiger charge is 2.22. The van der Waals surface area contributed by atoms with Gasteiger partial charge in [-0.25, -0.2) is 4.98 Å². The Labute approximate surface area is 165 Å². The molecule has 0 aliphatic carbocycles. The van der Waals surface area contributed by atoms with Gasteiger partial charge >= 0.3 is 0 Å². The van der Waals surface area contributed by atoms with Crippen LogP contribution in [0.25, 0.3) is 0 Å². The van der Waals surface area contributed by atoms with Gasteiger partial charge in [-0.05, 0) is 24.1 Å². The maximum atomic E-state index is 12.4. The lowest BCUT2D eigenvalue weighted by Gasteiger charge is -2.34. The molecular weight excluding hydrogens is 379 g/mol. The summed E-state index contributed by atoms with van der Waals surface area (Å²) in [5.41, 5.74) is 7.42. The van der Waals surface area contributed by atoms with Gasteiger partial charge in [-0.2, -0.15) is 0 Å². The fourth-order valence-corrected chi connectivity index (χ4v) is 3.58. The molecule has 1 aromatic heterocycles. The molecule has 0 unspecified atom stereocenters. The number of carbonyl (C=O) groups is 1. The predicted octanol–water partition coefficient (Wildman–Crippen LogP) is 3.02. The van der Waals surface area contributed by atoms with E-state index >= 15 is 0 Å². The fraction of sp³-hybridized carbons (Fsp3) is 0.412. The van der Waals surface area contributed by atoms with Gasteiger partial charge in [0, 0.05) is 42.9 Å². The summed E-state index contributed by atoms with van der Waals surface area (Å²) < 4.78 is 0. The molecule has 2 aromatic rings. The third kappa shape index (κ3) is 5.49. The fourth-order valence-electron chi connectivity index (χ4n) is 2.68. The van der Waals surface area contributed by atoms with Crippen LogP contribution in [0.3, 0.4) is 0 Å². The first kappa shape index (κ1) is 21.5. The minimum Gasteiger partial charge on any atom is -0.399 e. The van der Waals surface area contributed by atoms with Crippen molar-refractivity contribution in [2.24, 2.45) is 0 Å². The molecule has 1 fully saturated rings. The second-order valence-electron chi connectivity index (χ2n) is 5.75. The van der Waals surface area contributed by atoms with Gasteiger partial charge in [0.25, 0.3) is 0 Å². The molecule has 1 aliphatic heterocycles. The highest BCUT2D eigenvalue weighted by molar-refractivity contribution is 7.15. The van der Waals surface area contributed by atoms with Crippen LogP contribution in [0.15, 0.2) is 30.5 Å². The molecular formula is C17H24Cl2N4OS. The second kappa shape index (κ2) is 9.85. The Hall–Kier alpha value is -1.50. The number of benzene rings is 1. The Morgan fingerprint density at radius 2 is 1.80 bits per heavy atom. The van der Waals surface area contributed by atoms with E-state index < -0.39 is 0 Å². The van der Waals surface area contributed by atoms with Gasteiger partial charge < -0.3 is 15.5 Å². The number of nitrogen functional groups attached to an aromatic ring is 1. The summed E-state index contributed by atoms with van der Waals surface area (Å²) in [5.74, 6) is 0.183. The van der Waals surface area contributed by atoms with E-state index in [2.05, 4.69) is 16.8 Å². The zero-order valence-corrected chi connectivity index (χ0v) is 16.6. The van der Waals surface area contributed by atoms with Gasteiger partial charge in [-0.3, -0.25) is 4.79 Å². The average Bonchev–Trinajstić information content (AvgIpc) is 3.06. The van der Waals surface area contributed by atoms with E-state index in [1.165, 1.54) is 4.88 Å². The summed E-state index contributed by atoms with van der Waals surface area (Å²) in [7, 11) is 0. The van der Waals surface area contributed by atoms with Crippen molar-refractivity contribution in [1.82, 2.24) is 9.88 Å². The maximum Gasteiger partial charge on any atom is 0.227 e. The van der Waals surface area contributed by atoms with E-state index in [-0.39, 0.29) is 30.7 Å². The summed E-state index contributed by atoms with van der Waals surface area (Å²) in [5, 5.41) is 1.08. The number of thiazole rings is 1. The number of nitrogens with zero attached hydrogens (tertiary/aromatic N) is 3. The molecule has 5 nitrogen and oxygen atoms in total. The highest BCUT2D eigenvalue weighted by atomic mass is 35.5. The highest BCUT2D eigenvalue weighted by Crippen LogP contribution is 2.24. The number of carbonyl (C=O) groups excluding carboxylic acids is 1. The smallest absolute Gasteiger partial charge is 0.227 e. The molecule has 8 heteroatoms. The second-order valence-corrected chi connectivity index (χ2v) is 6.84. The van der Waals surface area contributed by atoms with Gasteiger partial charge in [-0.15, -0.1) is 36.2 Å². The average molecular weight is 403 g/mol. The zero-order chi connectivity index (χ0) is 16.2. The molecule has 138 valence electrons. The van der Waals surface area contributed by atoms with Crippen LogP contribution in [0.1, 0.15) is 17.4 Å². The first-order valence-electron chi connectivity index (χ1n) is 7.97. The molecule has 1 aromatic carbocycles. The van der Waals surface area contributed by atoms with Crippen LogP contribution >= 0.6 is 36.2 Å². The monoisotopic (exact) mass is 402 g/mol. The minimum absolute atomic E-state index is 0. The zero-order valence-electron chi connectivity index (χ0n) is 14.2. The molecule has 0 bridgehead atoms. The van der Waals surface area contributed by atoms with Gasteiger partial charge in [-0.1, -0.05) is 19.1 Å². The normalized spacial score (nSPS) is 13.8. The van der Waals surface area contributed by atoms with Crippen molar-refractivity contribution in [2.75, 3.05) is 36.8 Å². The summed E-state index contributed by atoms with van der Waals surface area (Å²) in [4.78, 5) is 22.4. The van der Waals surface area contributed by atoms with E-state index in [0.29, 0.717) is 6.42 Å². The van der Waals surface area contributed by atoms with Gasteiger partial charge in [0.15, 0.2) is 5.13 Å². The molecule has 1 saturated heterocycles. The molecule has 2 N–H and O–H groups in total. The van der Waals surface area contributed by atoms with Crippen molar-refractivity contribution in [3.63, 3.8) is 0 Å². The number of nitrogens with two attached hydrogens (primary N) is 1. The molecule has 1 amide bonds. The van der Waals surface area contributed by atoms with Crippen molar-refractivity contribution in [2.45, 2.75) is 19.8 Å². The van der Waals surface area contributed by atoms with Gasteiger partial charge in [0.2, 0.25) is 5.91 Å². The number of amides is 1. The first-order valence-corrected chi connectivity index (χ1v) is 8.79. The van der Waals surface area contributed by atoms with Crippen LogP contribution in [-0.2, 0) is 17.6 Å². The lowest BCUT2D eigenvalue weighted by molar-refractivity contribution is -0.130. The summed E-state index contributed by atoms with van der Waals surface area (Å²) in [6.45, 7) is 5.36.